The molecule has 0 radical (unpaired) electrons. The number of nitrogens with zero attached hydrogens (tertiary/aromatic N) is 2. The van der Waals surface area contributed by atoms with Crippen LogP contribution in [0.5, 0.6) is 5.75 Å². The van der Waals surface area contributed by atoms with Gasteiger partial charge >= 0.3 is 0 Å². The number of pyridine rings is 2. The van der Waals surface area contributed by atoms with Crippen molar-refractivity contribution in [3.63, 3.8) is 0 Å². The molecule has 126 valence electrons. The quantitative estimate of drug-likeness (QED) is 0.767. The number of anilines is 1. The fourth-order valence-electron chi connectivity index (χ4n) is 2.51. The maximum Gasteiger partial charge on any atom is 0.263 e. The Morgan fingerprint density at radius 1 is 1.20 bits per heavy atom. The number of hydrogen-bond donors (Lipinski definition) is 2. The summed E-state index contributed by atoms with van der Waals surface area (Å²) in [5, 5.41) is 12.1. The van der Waals surface area contributed by atoms with Crippen molar-refractivity contribution < 1.29 is 9.90 Å². The van der Waals surface area contributed by atoms with Gasteiger partial charge in [0, 0.05) is 12.4 Å². The van der Waals surface area contributed by atoms with E-state index in [1.54, 1.807) is 18.3 Å². The number of amides is 1. The highest BCUT2D eigenvalue weighted by molar-refractivity contribution is 6.04. The van der Waals surface area contributed by atoms with Gasteiger partial charge in [0.2, 0.25) is 0 Å². The molecule has 3 aromatic rings. The van der Waals surface area contributed by atoms with Gasteiger partial charge in [-0.3, -0.25) is 9.59 Å². The number of aromatic nitrogens is 2. The topological polar surface area (TPSA) is 84.2 Å². The summed E-state index contributed by atoms with van der Waals surface area (Å²) in [4.78, 5) is 28.8. The average Bonchev–Trinajstić information content (AvgIpc) is 2.59. The number of carbonyl (C=O) groups is 1. The molecule has 2 aromatic heterocycles. The van der Waals surface area contributed by atoms with Gasteiger partial charge in [0.05, 0.1) is 6.54 Å². The summed E-state index contributed by atoms with van der Waals surface area (Å²) in [6.07, 6.45) is 3.08. The molecule has 0 aliphatic carbocycles. The third-order valence-electron chi connectivity index (χ3n) is 3.72. The van der Waals surface area contributed by atoms with Crippen molar-refractivity contribution in [3.8, 4) is 5.75 Å². The minimum Gasteiger partial charge on any atom is -0.504 e. The zero-order chi connectivity index (χ0) is 17.8. The number of carbonyl (C=O) groups excluding carboxylic acids is 1. The fourth-order valence-corrected chi connectivity index (χ4v) is 2.51. The Morgan fingerprint density at radius 2 is 2.04 bits per heavy atom. The lowest BCUT2D eigenvalue weighted by Crippen LogP contribution is -2.29. The number of aromatic hydroxyl groups is 1. The van der Waals surface area contributed by atoms with Gasteiger partial charge in [-0.15, -0.1) is 0 Å². The van der Waals surface area contributed by atoms with Gasteiger partial charge in [0.15, 0.2) is 11.6 Å². The first kappa shape index (κ1) is 16.4. The smallest absolute Gasteiger partial charge is 0.263 e. The van der Waals surface area contributed by atoms with Gasteiger partial charge in [-0.2, -0.15) is 0 Å². The number of nitrogens with one attached hydrogen (secondary N) is 1. The molecule has 1 amide bonds. The van der Waals surface area contributed by atoms with E-state index in [1.165, 1.54) is 22.9 Å². The maximum atomic E-state index is 12.6. The molecule has 6 nitrogen and oxygen atoms in total. The van der Waals surface area contributed by atoms with Crippen LogP contribution in [-0.2, 0) is 6.54 Å². The van der Waals surface area contributed by atoms with E-state index in [0.717, 1.165) is 11.1 Å². The van der Waals surface area contributed by atoms with Crippen LogP contribution < -0.4 is 10.9 Å². The van der Waals surface area contributed by atoms with Gasteiger partial charge in [0.1, 0.15) is 5.56 Å². The van der Waals surface area contributed by atoms with Crippen molar-refractivity contribution in [1.82, 2.24) is 9.55 Å². The van der Waals surface area contributed by atoms with E-state index in [0.29, 0.717) is 6.54 Å². The molecular formula is C19H17N3O3. The largest absolute Gasteiger partial charge is 0.504 e. The molecule has 0 unspecified atom stereocenters. The van der Waals surface area contributed by atoms with E-state index in [4.69, 9.17) is 0 Å². The number of benzene rings is 1. The molecule has 25 heavy (non-hydrogen) atoms. The van der Waals surface area contributed by atoms with Gasteiger partial charge in [-0.25, -0.2) is 4.98 Å². The van der Waals surface area contributed by atoms with E-state index in [1.807, 2.05) is 31.2 Å². The lowest BCUT2D eigenvalue weighted by molar-refractivity contribution is 0.102. The Bertz CT molecular complexity index is 979. The molecule has 0 bridgehead atoms. The van der Waals surface area contributed by atoms with Crippen LogP contribution in [0.15, 0.2) is 65.7 Å². The summed E-state index contributed by atoms with van der Waals surface area (Å²) in [5.74, 6) is -0.759. The molecule has 0 fully saturated rings. The summed E-state index contributed by atoms with van der Waals surface area (Å²) in [6, 6.07) is 13.9. The van der Waals surface area contributed by atoms with Gasteiger partial charge in [-0.1, -0.05) is 29.8 Å². The molecule has 0 atom stereocenters. The third kappa shape index (κ3) is 3.74. The molecule has 0 aliphatic heterocycles. The van der Waals surface area contributed by atoms with Gasteiger partial charge in [0.25, 0.3) is 11.5 Å². The van der Waals surface area contributed by atoms with Crippen molar-refractivity contribution >= 4 is 11.7 Å². The molecule has 0 saturated heterocycles. The Balaban J connectivity index is 1.87. The Hall–Kier alpha value is -3.41. The van der Waals surface area contributed by atoms with Crippen LogP contribution in [0.2, 0.25) is 0 Å². The van der Waals surface area contributed by atoms with Crippen molar-refractivity contribution in [3.05, 3.63) is 88.0 Å². The van der Waals surface area contributed by atoms with Crippen molar-refractivity contribution in [2.75, 3.05) is 5.32 Å². The first-order valence-electron chi connectivity index (χ1n) is 7.75. The minimum atomic E-state index is -0.613. The number of rotatable bonds is 4. The molecule has 3 rings (SSSR count). The molecule has 0 spiro atoms. The van der Waals surface area contributed by atoms with Crippen molar-refractivity contribution in [2.24, 2.45) is 0 Å². The summed E-state index contributed by atoms with van der Waals surface area (Å²) in [5.41, 5.74) is 1.66. The van der Waals surface area contributed by atoms with E-state index in [9.17, 15) is 14.7 Å². The number of hydrogen-bond acceptors (Lipinski definition) is 4. The third-order valence-corrected chi connectivity index (χ3v) is 3.72. The van der Waals surface area contributed by atoms with Crippen molar-refractivity contribution in [1.29, 1.82) is 0 Å². The van der Waals surface area contributed by atoms with E-state index < -0.39 is 11.5 Å². The second kappa shape index (κ2) is 7.00. The molecule has 2 N–H and O–H groups in total. The van der Waals surface area contributed by atoms with Crippen LogP contribution in [0.3, 0.4) is 0 Å². The molecular weight excluding hydrogens is 318 g/mol. The zero-order valence-corrected chi connectivity index (χ0v) is 13.6. The normalized spacial score (nSPS) is 10.4. The highest BCUT2D eigenvalue weighted by Gasteiger charge is 2.14. The highest BCUT2D eigenvalue weighted by Crippen LogP contribution is 2.18. The second-order valence-electron chi connectivity index (χ2n) is 5.67. The Kier molecular flexibility index (Phi) is 4.61. The molecule has 0 aliphatic rings. The van der Waals surface area contributed by atoms with Crippen molar-refractivity contribution in [2.45, 2.75) is 13.5 Å². The second-order valence-corrected chi connectivity index (χ2v) is 5.67. The molecule has 6 heteroatoms. The van der Waals surface area contributed by atoms with Crippen LogP contribution in [0.4, 0.5) is 5.82 Å². The lowest BCUT2D eigenvalue weighted by Gasteiger charge is -2.09. The Morgan fingerprint density at radius 3 is 2.80 bits per heavy atom. The van der Waals surface area contributed by atoms with Crippen LogP contribution in [0.1, 0.15) is 21.5 Å². The Labute approximate surface area is 144 Å². The van der Waals surface area contributed by atoms with Gasteiger partial charge < -0.3 is 15.0 Å². The monoisotopic (exact) mass is 335 g/mol. The van der Waals surface area contributed by atoms with Crippen LogP contribution in [-0.4, -0.2) is 20.6 Å². The predicted octanol–water partition coefficient (Wildman–Crippen LogP) is 2.56. The van der Waals surface area contributed by atoms with Crippen LogP contribution in [0, 0.1) is 6.92 Å². The molecule has 0 saturated carbocycles. The first-order valence-corrected chi connectivity index (χ1v) is 7.75. The highest BCUT2D eigenvalue weighted by atomic mass is 16.3. The molecule has 1 aromatic carbocycles. The average molecular weight is 335 g/mol. The summed E-state index contributed by atoms with van der Waals surface area (Å²) < 4.78 is 1.47. The van der Waals surface area contributed by atoms with Crippen LogP contribution in [0.25, 0.3) is 0 Å². The minimum absolute atomic E-state index is 0.0137. The maximum absolute atomic E-state index is 12.6. The van der Waals surface area contributed by atoms with E-state index in [2.05, 4.69) is 10.3 Å². The summed E-state index contributed by atoms with van der Waals surface area (Å²) in [7, 11) is 0. The van der Waals surface area contributed by atoms with E-state index in [-0.39, 0.29) is 17.1 Å². The predicted molar refractivity (Wildman–Crippen MR) is 94.8 cm³/mol. The summed E-state index contributed by atoms with van der Waals surface area (Å²) >= 11 is 0. The van der Waals surface area contributed by atoms with E-state index >= 15 is 0 Å². The SMILES string of the molecule is Cc1cccc(Cn2cccc(C(=O)Nc3ncccc3O)c2=O)c1. The standard InChI is InChI=1S/C19H17N3O3/c1-13-5-2-6-14(11-13)12-22-10-4-7-15(19(22)25)18(24)21-17-16(23)8-3-9-20-17/h2-11,23H,12H2,1H3,(H,20,21,24). The van der Waals surface area contributed by atoms with Gasteiger partial charge in [-0.05, 0) is 36.8 Å². The summed E-state index contributed by atoms with van der Waals surface area (Å²) in [6.45, 7) is 2.35. The van der Waals surface area contributed by atoms with Crippen LogP contribution >= 0.6 is 0 Å². The number of aryl methyl sites for hydroxylation is 1. The molecule has 2 heterocycles. The lowest BCUT2D eigenvalue weighted by atomic mass is 10.1. The first-order chi connectivity index (χ1) is 12.0. The fraction of sp³-hybridized carbons (Fsp3) is 0.105. The zero-order valence-electron chi connectivity index (χ0n) is 13.6.